The van der Waals surface area contributed by atoms with E-state index >= 15 is 0 Å². The molecule has 0 saturated heterocycles. The van der Waals surface area contributed by atoms with Crippen LogP contribution in [0.25, 0.3) is 0 Å². The number of nitrogens with zero attached hydrogens (tertiary/aromatic N) is 2. The fraction of sp³-hybridized carbons (Fsp3) is 0.867. The Kier molecular flexibility index (Phi) is 2.89. The fourth-order valence-corrected chi connectivity index (χ4v) is 3.68. The molecule has 3 unspecified atom stereocenters. The summed E-state index contributed by atoms with van der Waals surface area (Å²) in [4.78, 5) is 4.57. The van der Waals surface area contributed by atoms with Crippen molar-refractivity contribution in [2.75, 3.05) is 6.61 Å². The summed E-state index contributed by atoms with van der Waals surface area (Å²) in [5.41, 5.74) is 5.65. The number of hydrogen-bond acceptors (Lipinski definition) is 5. The summed E-state index contributed by atoms with van der Waals surface area (Å²) < 4.78 is 11.3. The second kappa shape index (κ2) is 4.53. The Bertz CT molecular complexity index is 485. The first-order valence-corrected chi connectivity index (χ1v) is 7.90. The molecular weight excluding hydrogens is 254 g/mol. The van der Waals surface area contributed by atoms with Crippen molar-refractivity contribution in [2.24, 2.45) is 17.6 Å². The van der Waals surface area contributed by atoms with Gasteiger partial charge in [-0.3, -0.25) is 0 Å². The summed E-state index contributed by atoms with van der Waals surface area (Å²) in [6, 6.07) is 0. The molecule has 3 aliphatic carbocycles. The minimum absolute atomic E-state index is 0.382. The summed E-state index contributed by atoms with van der Waals surface area (Å²) in [5.74, 6) is 3.48. The fourth-order valence-electron chi connectivity index (χ4n) is 3.68. The van der Waals surface area contributed by atoms with Crippen LogP contribution >= 0.6 is 0 Å². The van der Waals surface area contributed by atoms with E-state index in [1.807, 2.05) is 6.92 Å². The number of nitrogens with two attached hydrogens (primary N) is 1. The molecule has 1 aromatic heterocycles. The standard InChI is InChI=1S/C15H23N3O2/c1-15(16,8-19-9-4-2-5-9)14-17-13(20-18-14)12-10-6-3-7-11(10)12/h9-12H,2-8,16H2,1H3. The van der Waals surface area contributed by atoms with E-state index in [1.54, 1.807) is 0 Å². The lowest BCUT2D eigenvalue weighted by molar-refractivity contribution is -0.0222. The van der Waals surface area contributed by atoms with Crippen molar-refractivity contribution < 1.29 is 9.26 Å². The topological polar surface area (TPSA) is 74.2 Å². The van der Waals surface area contributed by atoms with Gasteiger partial charge in [0.2, 0.25) is 5.89 Å². The molecule has 0 bridgehead atoms. The van der Waals surface area contributed by atoms with E-state index in [4.69, 9.17) is 15.0 Å². The highest BCUT2D eigenvalue weighted by atomic mass is 16.5. The first kappa shape index (κ1) is 12.8. The summed E-state index contributed by atoms with van der Waals surface area (Å²) in [6.07, 6.45) is 7.94. The summed E-state index contributed by atoms with van der Waals surface area (Å²) in [7, 11) is 0. The van der Waals surface area contributed by atoms with Gasteiger partial charge in [-0.25, -0.2) is 0 Å². The number of fused-ring (bicyclic) bond motifs is 1. The van der Waals surface area contributed by atoms with E-state index in [2.05, 4.69) is 10.1 Å². The third kappa shape index (κ3) is 2.07. The Balaban J connectivity index is 1.41. The van der Waals surface area contributed by atoms with Crippen LogP contribution in [0.2, 0.25) is 0 Å². The van der Waals surface area contributed by atoms with E-state index in [-0.39, 0.29) is 0 Å². The SMILES string of the molecule is CC(N)(COC1CCC1)c1noc(C2C3CCCC32)n1. The summed E-state index contributed by atoms with van der Waals surface area (Å²) >= 11 is 0. The summed E-state index contributed by atoms with van der Waals surface area (Å²) in [6.45, 7) is 2.39. The number of hydrogen-bond donors (Lipinski definition) is 1. The Morgan fingerprint density at radius 3 is 2.60 bits per heavy atom. The number of ether oxygens (including phenoxy) is 1. The molecule has 0 spiro atoms. The van der Waals surface area contributed by atoms with Crippen molar-refractivity contribution in [2.45, 2.75) is 63.0 Å². The zero-order chi connectivity index (χ0) is 13.7. The molecule has 0 radical (unpaired) electrons. The van der Waals surface area contributed by atoms with E-state index in [1.165, 1.54) is 25.7 Å². The van der Waals surface area contributed by atoms with Gasteiger partial charge in [0.1, 0.15) is 5.54 Å². The quantitative estimate of drug-likeness (QED) is 0.894. The van der Waals surface area contributed by atoms with Gasteiger partial charge in [0, 0.05) is 5.92 Å². The number of rotatable bonds is 5. The lowest BCUT2D eigenvalue weighted by Gasteiger charge is -2.29. The molecule has 1 heterocycles. The third-order valence-corrected chi connectivity index (χ3v) is 5.32. The highest BCUT2D eigenvalue weighted by molar-refractivity contribution is 5.17. The second-order valence-corrected chi connectivity index (χ2v) is 7.02. The van der Waals surface area contributed by atoms with Crippen LogP contribution in [-0.4, -0.2) is 22.9 Å². The molecule has 20 heavy (non-hydrogen) atoms. The van der Waals surface area contributed by atoms with E-state index < -0.39 is 5.54 Å². The van der Waals surface area contributed by atoms with E-state index in [9.17, 15) is 0 Å². The first-order chi connectivity index (χ1) is 9.65. The van der Waals surface area contributed by atoms with Gasteiger partial charge >= 0.3 is 0 Å². The molecule has 3 fully saturated rings. The van der Waals surface area contributed by atoms with Gasteiger partial charge in [0.05, 0.1) is 12.7 Å². The van der Waals surface area contributed by atoms with Crippen LogP contribution in [0, 0.1) is 11.8 Å². The zero-order valence-corrected chi connectivity index (χ0v) is 12.0. The lowest BCUT2D eigenvalue weighted by Crippen LogP contribution is -2.41. The predicted molar refractivity (Wildman–Crippen MR) is 73.0 cm³/mol. The van der Waals surface area contributed by atoms with Crippen molar-refractivity contribution in [3.63, 3.8) is 0 Å². The average Bonchev–Trinajstić information content (AvgIpc) is 2.82. The van der Waals surface area contributed by atoms with Crippen LogP contribution in [0.5, 0.6) is 0 Å². The van der Waals surface area contributed by atoms with Crippen LogP contribution < -0.4 is 5.73 Å². The Morgan fingerprint density at radius 2 is 1.95 bits per heavy atom. The molecule has 0 amide bonds. The average molecular weight is 277 g/mol. The van der Waals surface area contributed by atoms with Crippen molar-refractivity contribution in [1.82, 2.24) is 10.1 Å². The molecule has 3 saturated carbocycles. The Labute approximate surface area is 119 Å². The Morgan fingerprint density at radius 1 is 1.25 bits per heavy atom. The van der Waals surface area contributed by atoms with Crippen LogP contribution in [0.4, 0.5) is 0 Å². The van der Waals surface area contributed by atoms with Gasteiger partial charge in [-0.15, -0.1) is 0 Å². The van der Waals surface area contributed by atoms with Crippen LogP contribution in [0.3, 0.4) is 0 Å². The van der Waals surface area contributed by atoms with Crippen molar-refractivity contribution in [3.8, 4) is 0 Å². The number of aromatic nitrogens is 2. The molecule has 1 aromatic rings. The lowest BCUT2D eigenvalue weighted by atomic mass is 9.95. The van der Waals surface area contributed by atoms with Crippen molar-refractivity contribution in [3.05, 3.63) is 11.7 Å². The van der Waals surface area contributed by atoms with Crippen LogP contribution in [0.15, 0.2) is 4.52 Å². The maximum absolute atomic E-state index is 6.30. The highest BCUT2D eigenvalue weighted by Gasteiger charge is 2.56. The van der Waals surface area contributed by atoms with E-state index in [0.717, 1.165) is 30.6 Å². The van der Waals surface area contributed by atoms with Gasteiger partial charge < -0.3 is 15.0 Å². The molecule has 110 valence electrons. The van der Waals surface area contributed by atoms with Crippen LogP contribution in [0.1, 0.15) is 63.1 Å². The normalized spacial score (nSPS) is 35.4. The highest BCUT2D eigenvalue weighted by Crippen LogP contribution is 2.62. The first-order valence-electron chi connectivity index (χ1n) is 7.90. The van der Waals surface area contributed by atoms with Gasteiger partial charge in [-0.05, 0) is 50.9 Å². The molecule has 3 atom stereocenters. The van der Waals surface area contributed by atoms with E-state index in [0.29, 0.717) is 24.5 Å². The third-order valence-electron chi connectivity index (χ3n) is 5.32. The molecule has 3 aliphatic rings. The van der Waals surface area contributed by atoms with Crippen molar-refractivity contribution in [1.29, 1.82) is 0 Å². The smallest absolute Gasteiger partial charge is 0.230 e. The van der Waals surface area contributed by atoms with Gasteiger partial charge in [-0.2, -0.15) is 4.98 Å². The van der Waals surface area contributed by atoms with Gasteiger partial charge in [0.15, 0.2) is 5.82 Å². The van der Waals surface area contributed by atoms with Crippen LogP contribution in [-0.2, 0) is 10.3 Å². The van der Waals surface area contributed by atoms with Gasteiger partial charge in [-0.1, -0.05) is 11.6 Å². The summed E-state index contributed by atoms with van der Waals surface area (Å²) in [5, 5.41) is 4.11. The molecular formula is C15H23N3O2. The second-order valence-electron chi connectivity index (χ2n) is 7.02. The molecule has 5 heteroatoms. The van der Waals surface area contributed by atoms with Crippen molar-refractivity contribution >= 4 is 0 Å². The Hall–Kier alpha value is -0.940. The minimum Gasteiger partial charge on any atom is -0.376 e. The molecule has 5 nitrogen and oxygen atoms in total. The monoisotopic (exact) mass is 277 g/mol. The minimum atomic E-state index is -0.651. The maximum atomic E-state index is 6.30. The molecule has 0 aromatic carbocycles. The molecule has 4 rings (SSSR count). The molecule has 0 aliphatic heterocycles. The zero-order valence-electron chi connectivity index (χ0n) is 12.0. The predicted octanol–water partition coefficient (Wildman–Crippen LogP) is 2.33. The van der Waals surface area contributed by atoms with Gasteiger partial charge in [0.25, 0.3) is 0 Å². The largest absolute Gasteiger partial charge is 0.376 e. The molecule has 2 N–H and O–H groups in total. The maximum Gasteiger partial charge on any atom is 0.230 e.